The fourth-order valence-electron chi connectivity index (χ4n) is 1.43. The summed E-state index contributed by atoms with van der Waals surface area (Å²) < 4.78 is 5.40. The van der Waals surface area contributed by atoms with Gasteiger partial charge in [-0.15, -0.1) is 0 Å². The molecule has 100 valence electrons. The molecule has 0 spiro atoms. The van der Waals surface area contributed by atoms with Crippen LogP contribution in [0, 0.1) is 22.7 Å². The van der Waals surface area contributed by atoms with E-state index in [4.69, 9.17) is 15.3 Å². The van der Waals surface area contributed by atoms with Crippen molar-refractivity contribution in [3.05, 3.63) is 29.3 Å². The van der Waals surface area contributed by atoms with Gasteiger partial charge in [0.1, 0.15) is 24.5 Å². The molecule has 0 aliphatic rings. The van der Waals surface area contributed by atoms with Gasteiger partial charge in [0.25, 0.3) is 0 Å². The minimum Gasteiger partial charge on any atom is -0.489 e. The zero-order valence-electron chi connectivity index (χ0n) is 11.1. The van der Waals surface area contributed by atoms with Crippen LogP contribution in [-0.4, -0.2) is 30.4 Å². The molecule has 0 saturated heterocycles. The van der Waals surface area contributed by atoms with E-state index in [2.05, 4.69) is 5.32 Å². The maximum atomic E-state index is 9.70. The Morgan fingerprint density at radius 2 is 2.05 bits per heavy atom. The van der Waals surface area contributed by atoms with Crippen LogP contribution < -0.4 is 10.1 Å². The van der Waals surface area contributed by atoms with Gasteiger partial charge in [-0.05, 0) is 18.2 Å². The second-order valence-corrected chi connectivity index (χ2v) is 4.46. The van der Waals surface area contributed by atoms with E-state index in [0.29, 0.717) is 29.5 Å². The monoisotopic (exact) mass is 259 g/mol. The minimum absolute atomic E-state index is 0.0975. The average Bonchev–Trinajstić information content (AvgIpc) is 2.42. The lowest BCUT2D eigenvalue weighted by molar-refractivity contribution is 0.104. The number of rotatable bonds is 6. The molecular weight excluding hydrogens is 242 g/mol. The Bertz CT molecular complexity index is 500. The van der Waals surface area contributed by atoms with Gasteiger partial charge in [-0.1, -0.05) is 13.8 Å². The van der Waals surface area contributed by atoms with Gasteiger partial charge in [-0.3, -0.25) is 0 Å². The van der Waals surface area contributed by atoms with E-state index in [1.54, 1.807) is 12.1 Å². The lowest BCUT2D eigenvalue weighted by Gasteiger charge is -2.15. The summed E-state index contributed by atoms with van der Waals surface area (Å²) in [6.07, 6.45) is -0.649. The minimum atomic E-state index is -0.649. The number of nitrogens with zero attached hydrogens (tertiary/aromatic N) is 2. The Kier molecular flexibility index (Phi) is 5.81. The van der Waals surface area contributed by atoms with Crippen molar-refractivity contribution < 1.29 is 9.84 Å². The molecule has 0 aromatic heterocycles. The molecule has 0 amide bonds. The molecule has 0 fully saturated rings. The van der Waals surface area contributed by atoms with Crippen LogP contribution in [-0.2, 0) is 0 Å². The Labute approximate surface area is 113 Å². The van der Waals surface area contributed by atoms with Crippen LogP contribution in [0.4, 0.5) is 0 Å². The molecule has 2 N–H and O–H groups in total. The number of benzene rings is 1. The number of nitriles is 2. The van der Waals surface area contributed by atoms with E-state index >= 15 is 0 Å². The van der Waals surface area contributed by atoms with Gasteiger partial charge in [0.05, 0.1) is 17.2 Å². The normalized spacial score (nSPS) is 11.7. The van der Waals surface area contributed by atoms with Crippen LogP contribution in [0.1, 0.15) is 25.0 Å². The van der Waals surface area contributed by atoms with Gasteiger partial charge in [0, 0.05) is 12.6 Å². The molecule has 0 bridgehead atoms. The lowest BCUT2D eigenvalue weighted by Crippen LogP contribution is -2.35. The predicted molar refractivity (Wildman–Crippen MR) is 70.5 cm³/mol. The second-order valence-electron chi connectivity index (χ2n) is 4.46. The summed E-state index contributed by atoms with van der Waals surface area (Å²) in [5.74, 6) is 0.380. The molecule has 0 saturated carbocycles. The summed E-state index contributed by atoms with van der Waals surface area (Å²) in [5, 5.41) is 30.5. The van der Waals surface area contributed by atoms with E-state index in [-0.39, 0.29) is 6.61 Å². The molecule has 0 heterocycles. The van der Waals surface area contributed by atoms with Gasteiger partial charge < -0.3 is 15.2 Å². The quantitative estimate of drug-likeness (QED) is 0.800. The molecule has 1 atom stereocenters. The molecule has 0 aliphatic carbocycles. The highest BCUT2D eigenvalue weighted by Crippen LogP contribution is 2.19. The number of hydrogen-bond donors (Lipinski definition) is 2. The van der Waals surface area contributed by atoms with E-state index in [9.17, 15) is 5.11 Å². The van der Waals surface area contributed by atoms with Gasteiger partial charge in [-0.25, -0.2) is 0 Å². The van der Waals surface area contributed by atoms with Gasteiger partial charge in [0.15, 0.2) is 0 Å². The Balaban J connectivity index is 2.58. The van der Waals surface area contributed by atoms with Crippen molar-refractivity contribution in [1.29, 1.82) is 10.5 Å². The van der Waals surface area contributed by atoms with Crippen molar-refractivity contribution >= 4 is 0 Å². The fraction of sp³-hybridized carbons (Fsp3) is 0.429. The number of nitrogens with one attached hydrogen (secondary N) is 1. The first kappa shape index (κ1) is 15.0. The first-order chi connectivity index (χ1) is 9.06. The topological polar surface area (TPSA) is 89.1 Å². The number of ether oxygens (including phenoxy) is 1. The van der Waals surface area contributed by atoms with Gasteiger partial charge >= 0.3 is 0 Å². The zero-order chi connectivity index (χ0) is 14.3. The van der Waals surface area contributed by atoms with Crippen molar-refractivity contribution in [2.75, 3.05) is 13.2 Å². The average molecular weight is 259 g/mol. The largest absolute Gasteiger partial charge is 0.489 e. The number of aliphatic hydroxyl groups is 1. The third kappa shape index (κ3) is 4.97. The lowest BCUT2D eigenvalue weighted by atomic mass is 10.1. The summed E-state index contributed by atoms with van der Waals surface area (Å²) >= 11 is 0. The first-order valence-corrected chi connectivity index (χ1v) is 6.05. The molecule has 1 aromatic carbocycles. The summed E-state index contributed by atoms with van der Waals surface area (Å²) in [7, 11) is 0. The zero-order valence-corrected chi connectivity index (χ0v) is 11.1. The molecule has 5 heteroatoms. The predicted octanol–water partition coefficient (Wildman–Crippen LogP) is 1.17. The van der Waals surface area contributed by atoms with E-state index < -0.39 is 6.10 Å². The Morgan fingerprint density at radius 3 is 2.63 bits per heavy atom. The van der Waals surface area contributed by atoms with Gasteiger partial charge in [0.2, 0.25) is 0 Å². The molecule has 1 aromatic rings. The highest BCUT2D eigenvalue weighted by Gasteiger charge is 2.09. The number of hydrogen-bond acceptors (Lipinski definition) is 5. The highest BCUT2D eigenvalue weighted by atomic mass is 16.5. The molecule has 1 unspecified atom stereocenters. The van der Waals surface area contributed by atoms with Crippen LogP contribution in [0.3, 0.4) is 0 Å². The van der Waals surface area contributed by atoms with Crippen molar-refractivity contribution in [3.63, 3.8) is 0 Å². The third-order valence-corrected chi connectivity index (χ3v) is 2.42. The number of aliphatic hydroxyl groups excluding tert-OH is 1. The van der Waals surface area contributed by atoms with Crippen molar-refractivity contribution in [3.8, 4) is 17.9 Å². The van der Waals surface area contributed by atoms with E-state index in [1.165, 1.54) is 6.07 Å². The Hall–Kier alpha value is -2.08. The van der Waals surface area contributed by atoms with Crippen molar-refractivity contribution in [2.24, 2.45) is 0 Å². The van der Waals surface area contributed by atoms with Crippen LogP contribution in [0.25, 0.3) is 0 Å². The molecule has 0 radical (unpaired) electrons. The summed E-state index contributed by atoms with van der Waals surface area (Å²) in [4.78, 5) is 0. The maximum Gasteiger partial charge on any atom is 0.137 e. The highest BCUT2D eigenvalue weighted by molar-refractivity contribution is 5.48. The molecule has 0 aliphatic heterocycles. The van der Waals surface area contributed by atoms with E-state index in [0.717, 1.165) is 0 Å². The third-order valence-electron chi connectivity index (χ3n) is 2.42. The smallest absolute Gasteiger partial charge is 0.137 e. The first-order valence-electron chi connectivity index (χ1n) is 6.05. The second kappa shape index (κ2) is 7.38. The summed E-state index contributed by atoms with van der Waals surface area (Å²) in [6.45, 7) is 4.50. The fourth-order valence-corrected chi connectivity index (χ4v) is 1.43. The van der Waals surface area contributed by atoms with Crippen LogP contribution in [0.5, 0.6) is 5.75 Å². The standard InChI is InChI=1S/C14H17N3O2/c1-10(2)17-8-13(18)9-19-14-4-3-11(6-15)5-12(14)7-16/h3-5,10,13,17-18H,8-9H2,1-2H3. The molecular formula is C14H17N3O2. The van der Waals surface area contributed by atoms with Gasteiger partial charge in [-0.2, -0.15) is 10.5 Å². The van der Waals surface area contributed by atoms with Crippen LogP contribution in [0.2, 0.25) is 0 Å². The van der Waals surface area contributed by atoms with Crippen LogP contribution in [0.15, 0.2) is 18.2 Å². The molecule has 5 nitrogen and oxygen atoms in total. The summed E-state index contributed by atoms with van der Waals surface area (Å²) in [6, 6.07) is 8.84. The Morgan fingerprint density at radius 1 is 1.32 bits per heavy atom. The maximum absolute atomic E-state index is 9.70. The molecule has 1 rings (SSSR count). The van der Waals surface area contributed by atoms with E-state index in [1.807, 2.05) is 26.0 Å². The van der Waals surface area contributed by atoms with Crippen molar-refractivity contribution in [2.45, 2.75) is 26.0 Å². The molecule has 19 heavy (non-hydrogen) atoms. The van der Waals surface area contributed by atoms with Crippen LogP contribution >= 0.6 is 0 Å². The van der Waals surface area contributed by atoms with Crippen molar-refractivity contribution in [1.82, 2.24) is 5.32 Å². The summed E-state index contributed by atoms with van der Waals surface area (Å²) in [5.41, 5.74) is 0.703. The SMILES string of the molecule is CC(C)NCC(O)COc1ccc(C#N)cc1C#N.